The fourth-order valence-corrected chi connectivity index (χ4v) is 1.31. The third kappa shape index (κ3) is 4.10. The van der Waals surface area contributed by atoms with Gasteiger partial charge < -0.3 is 5.11 Å². The molecular formula is C11H16N2O2. The topological polar surface area (TPSA) is 52.6 Å². The minimum absolute atomic E-state index is 0.0747. The minimum atomic E-state index is -0.799. The number of carbonyl (C=O) groups is 1. The molecule has 0 saturated heterocycles. The van der Waals surface area contributed by atoms with Crippen LogP contribution in [0.15, 0.2) is 24.3 Å². The van der Waals surface area contributed by atoms with Crippen molar-refractivity contribution in [2.45, 2.75) is 13.0 Å². The number of hydrogen-bond donors (Lipinski definition) is 2. The maximum atomic E-state index is 10.6. The Kier molecular flexibility index (Phi) is 4.27. The monoisotopic (exact) mass is 208 g/mol. The highest BCUT2D eigenvalue weighted by atomic mass is 16.4. The molecule has 2 N–H and O–H groups in total. The maximum absolute atomic E-state index is 10.6. The summed E-state index contributed by atoms with van der Waals surface area (Å²) in [6, 6.07) is 7.56. The minimum Gasteiger partial charge on any atom is -0.481 e. The van der Waals surface area contributed by atoms with Crippen molar-refractivity contribution in [2.75, 3.05) is 14.1 Å². The molecule has 0 aliphatic rings. The number of aliphatic carboxylic acids is 1. The molecule has 4 nitrogen and oxygen atoms in total. The normalized spacial score (nSPS) is 10.6. The summed E-state index contributed by atoms with van der Waals surface area (Å²) < 4.78 is 0. The molecular weight excluding hydrogens is 192 g/mol. The van der Waals surface area contributed by atoms with Gasteiger partial charge in [-0.3, -0.25) is 15.2 Å². The Hall–Kier alpha value is -1.39. The predicted octanol–water partition coefficient (Wildman–Crippen LogP) is 0.880. The van der Waals surface area contributed by atoms with Gasteiger partial charge in [0, 0.05) is 20.6 Å². The molecule has 0 amide bonds. The average Bonchev–Trinajstić information content (AvgIpc) is 2.15. The van der Waals surface area contributed by atoms with Crippen molar-refractivity contribution in [3.8, 4) is 0 Å². The number of rotatable bonds is 5. The lowest BCUT2D eigenvalue weighted by Crippen LogP contribution is -2.30. The summed E-state index contributed by atoms with van der Waals surface area (Å²) in [5, 5.41) is 10.6. The lowest BCUT2D eigenvalue weighted by Gasteiger charge is -2.13. The number of benzene rings is 1. The van der Waals surface area contributed by atoms with Gasteiger partial charge in [0.1, 0.15) is 0 Å². The highest BCUT2D eigenvalue weighted by Gasteiger charge is 2.05. The zero-order chi connectivity index (χ0) is 11.3. The lowest BCUT2D eigenvalue weighted by molar-refractivity contribution is -0.136. The van der Waals surface area contributed by atoms with Gasteiger partial charge in [-0.25, -0.2) is 0 Å². The summed E-state index contributed by atoms with van der Waals surface area (Å²) in [4.78, 5) is 10.6. The molecule has 0 radical (unpaired) electrons. The fraction of sp³-hybridized carbons (Fsp3) is 0.364. The van der Waals surface area contributed by atoms with Crippen molar-refractivity contribution in [3.05, 3.63) is 35.4 Å². The van der Waals surface area contributed by atoms with E-state index in [2.05, 4.69) is 5.43 Å². The van der Waals surface area contributed by atoms with Crippen molar-refractivity contribution >= 4 is 5.97 Å². The molecule has 0 spiro atoms. The van der Waals surface area contributed by atoms with E-state index in [9.17, 15) is 4.79 Å². The molecule has 1 aromatic rings. The van der Waals surface area contributed by atoms with Gasteiger partial charge in [-0.05, 0) is 11.1 Å². The van der Waals surface area contributed by atoms with E-state index in [1.807, 2.05) is 43.4 Å². The van der Waals surface area contributed by atoms with Crippen molar-refractivity contribution in [1.82, 2.24) is 10.4 Å². The third-order valence-electron chi connectivity index (χ3n) is 2.05. The number of nitrogens with one attached hydrogen (secondary N) is 1. The van der Waals surface area contributed by atoms with Crippen molar-refractivity contribution < 1.29 is 9.90 Å². The number of carboxylic acid groups (broad SMARTS) is 1. The van der Waals surface area contributed by atoms with E-state index in [1.54, 1.807) is 0 Å². The molecule has 0 atom stereocenters. The number of hydrogen-bond acceptors (Lipinski definition) is 3. The van der Waals surface area contributed by atoms with Crippen LogP contribution in [0.3, 0.4) is 0 Å². The van der Waals surface area contributed by atoms with Gasteiger partial charge in [0.05, 0.1) is 6.42 Å². The Morgan fingerprint density at radius 3 is 2.47 bits per heavy atom. The second-order valence-electron chi connectivity index (χ2n) is 3.57. The maximum Gasteiger partial charge on any atom is 0.307 e. The zero-order valence-electron chi connectivity index (χ0n) is 9.03. The van der Waals surface area contributed by atoms with E-state index in [-0.39, 0.29) is 6.42 Å². The van der Waals surface area contributed by atoms with Gasteiger partial charge >= 0.3 is 5.97 Å². The Morgan fingerprint density at radius 2 is 1.93 bits per heavy atom. The predicted molar refractivity (Wildman–Crippen MR) is 58.3 cm³/mol. The Morgan fingerprint density at radius 1 is 1.33 bits per heavy atom. The van der Waals surface area contributed by atoms with E-state index in [1.165, 1.54) is 0 Å². The summed E-state index contributed by atoms with van der Waals surface area (Å²) in [5.74, 6) is -0.799. The summed E-state index contributed by atoms with van der Waals surface area (Å²) in [5.41, 5.74) is 5.00. The van der Waals surface area contributed by atoms with Crippen LogP contribution in [0.25, 0.3) is 0 Å². The van der Waals surface area contributed by atoms with E-state index >= 15 is 0 Å². The first kappa shape index (κ1) is 11.7. The number of hydrazine groups is 1. The smallest absolute Gasteiger partial charge is 0.307 e. The molecule has 0 aliphatic heterocycles. The SMILES string of the molecule is CN(C)NCc1ccccc1CC(=O)O. The van der Waals surface area contributed by atoms with Gasteiger partial charge in [-0.1, -0.05) is 24.3 Å². The highest BCUT2D eigenvalue weighted by Crippen LogP contribution is 2.09. The van der Waals surface area contributed by atoms with Crippen LogP contribution < -0.4 is 5.43 Å². The van der Waals surface area contributed by atoms with Crippen molar-refractivity contribution in [1.29, 1.82) is 0 Å². The molecule has 0 heterocycles. The zero-order valence-corrected chi connectivity index (χ0v) is 9.03. The van der Waals surface area contributed by atoms with Crippen molar-refractivity contribution in [2.24, 2.45) is 0 Å². The molecule has 0 saturated carbocycles. The van der Waals surface area contributed by atoms with Gasteiger partial charge in [0.15, 0.2) is 0 Å². The quantitative estimate of drug-likeness (QED) is 0.705. The molecule has 0 unspecified atom stereocenters. The second kappa shape index (κ2) is 5.48. The Balaban J connectivity index is 2.72. The Bertz CT molecular complexity index is 337. The molecule has 82 valence electrons. The largest absolute Gasteiger partial charge is 0.481 e. The third-order valence-corrected chi connectivity index (χ3v) is 2.05. The van der Waals surface area contributed by atoms with E-state index in [0.717, 1.165) is 11.1 Å². The standard InChI is InChI=1S/C11H16N2O2/c1-13(2)12-8-10-6-4-3-5-9(10)7-11(14)15/h3-6,12H,7-8H2,1-2H3,(H,14,15). The van der Waals surface area contributed by atoms with Gasteiger partial charge in [-0.2, -0.15) is 0 Å². The first-order valence-corrected chi connectivity index (χ1v) is 4.79. The molecule has 0 aliphatic carbocycles. The van der Waals surface area contributed by atoms with Gasteiger partial charge in [0.2, 0.25) is 0 Å². The van der Waals surface area contributed by atoms with Crippen LogP contribution in [0.2, 0.25) is 0 Å². The Labute approximate surface area is 89.5 Å². The number of carboxylic acids is 1. The van der Waals surface area contributed by atoms with Crippen LogP contribution in [0, 0.1) is 0 Å². The first-order chi connectivity index (χ1) is 7.09. The molecule has 15 heavy (non-hydrogen) atoms. The van der Waals surface area contributed by atoms with Crippen molar-refractivity contribution in [3.63, 3.8) is 0 Å². The molecule has 0 bridgehead atoms. The fourth-order valence-electron chi connectivity index (χ4n) is 1.31. The van der Waals surface area contributed by atoms with Crippen LogP contribution in [-0.4, -0.2) is 30.2 Å². The molecule has 1 aromatic carbocycles. The summed E-state index contributed by atoms with van der Waals surface area (Å²) in [6.07, 6.45) is 0.0747. The van der Waals surface area contributed by atoms with Crippen LogP contribution >= 0.6 is 0 Å². The van der Waals surface area contributed by atoms with Crippen LogP contribution in [-0.2, 0) is 17.8 Å². The van der Waals surface area contributed by atoms with Gasteiger partial charge in [-0.15, -0.1) is 0 Å². The average molecular weight is 208 g/mol. The second-order valence-corrected chi connectivity index (χ2v) is 3.57. The van der Waals surface area contributed by atoms with E-state index in [0.29, 0.717) is 6.54 Å². The molecule has 4 heteroatoms. The van der Waals surface area contributed by atoms with Gasteiger partial charge in [0.25, 0.3) is 0 Å². The summed E-state index contributed by atoms with van der Waals surface area (Å²) in [6.45, 7) is 0.649. The summed E-state index contributed by atoms with van der Waals surface area (Å²) >= 11 is 0. The first-order valence-electron chi connectivity index (χ1n) is 4.79. The molecule has 0 fully saturated rings. The lowest BCUT2D eigenvalue weighted by atomic mass is 10.1. The van der Waals surface area contributed by atoms with Crippen LogP contribution in [0.5, 0.6) is 0 Å². The summed E-state index contributed by atoms with van der Waals surface area (Å²) in [7, 11) is 3.81. The van der Waals surface area contributed by atoms with E-state index < -0.39 is 5.97 Å². The van der Waals surface area contributed by atoms with Crippen LogP contribution in [0.1, 0.15) is 11.1 Å². The molecule has 0 aromatic heterocycles. The van der Waals surface area contributed by atoms with Crippen LogP contribution in [0.4, 0.5) is 0 Å². The van der Waals surface area contributed by atoms with E-state index in [4.69, 9.17) is 5.11 Å². The molecule has 1 rings (SSSR count). The highest BCUT2D eigenvalue weighted by molar-refractivity contribution is 5.70. The number of nitrogens with zero attached hydrogens (tertiary/aromatic N) is 1.